The molecular formula is C18H19ClN4O3. The molecule has 0 spiro atoms. The van der Waals surface area contributed by atoms with Gasteiger partial charge in [-0.1, -0.05) is 30.3 Å². The van der Waals surface area contributed by atoms with Crippen molar-refractivity contribution in [2.75, 3.05) is 31.1 Å². The Kier molecular flexibility index (Phi) is 5.68. The van der Waals surface area contributed by atoms with Crippen molar-refractivity contribution < 1.29 is 14.3 Å². The molecule has 0 saturated carbocycles. The smallest absolute Gasteiger partial charge is 0.410 e. The maximum absolute atomic E-state index is 12.2. The molecular weight excluding hydrogens is 356 g/mol. The SMILES string of the molecule is CC(=O)c1cc(N2CCN(C(=O)OCc3ccccc3)CC2)nc(Cl)n1. The molecule has 0 radical (unpaired) electrons. The van der Waals surface area contributed by atoms with Gasteiger partial charge in [0, 0.05) is 39.2 Å². The van der Waals surface area contributed by atoms with Gasteiger partial charge in [0.1, 0.15) is 18.1 Å². The number of hydrogen-bond acceptors (Lipinski definition) is 6. The number of carbonyl (C=O) groups excluding carboxylic acids is 2. The Morgan fingerprint density at radius 1 is 1.12 bits per heavy atom. The van der Waals surface area contributed by atoms with Crippen molar-refractivity contribution in [2.24, 2.45) is 0 Å². The van der Waals surface area contributed by atoms with Crippen molar-refractivity contribution in [1.29, 1.82) is 0 Å². The number of anilines is 1. The fourth-order valence-electron chi connectivity index (χ4n) is 2.68. The molecule has 1 aromatic carbocycles. The van der Waals surface area contributed by atoms with Crippen molar-refractivity contribution in [3.05, 3.63) is 52.9 Å². The lowest BCUT2D eigenvalue weighted by atomic mass is 10.2. The van der Waals surface area contributed by atoms with Crippen LogP contribution in [0.2, 0.25) is 5.28 Å². The number of nitrogens with zero attached hydrogens (tertiary/aromatic N) is 4. The summed E-state index contributed by atoms with van der Waals surface area (Å²) in [6, 6.07) is 11.2. The van der Waals surface area contributed by atoms with Crippen LogP contribution in [0.25, 0.3) is 0 Å². The summed E-state index contributed by atoms with van der Waals surface area (Å²) >= 11 is 5.91. The van der Waals surface area contributed by atoms with Crippen molar-refractivity contribution >= 4 is 29.3 Å². The molecule has 1 aliphatic heterocycles. The van der Waals surface area contributed by atoms with Gasteiger partial charge in [-0.2, -0.15) is 0 Å². The molecule has 2 heterocycles. The molecule has 7 nitrogen and oxygen atoms in total. The molecule has 3 rings (SSSR count). The Bertz CT molecular complexity index is 792. The highest BCUT2D eigenvalue weighted by molar-refractivity contribution is 6.28. The summed E-state index contributed by atoms with van der Waals surface area (Å²) in [5, 5.41) is 0.0393. The molecule has 2 aromatic rings. The van der Waals surface area contributed by atoms with Crippen LogP contribution in [0, 0.1) is 0 Å². The van der Waals surface area contributed by atoms with Gasteiger partial charge in [-0.05, 0) is 17.2 Å². The normalized spacial score (nSPS) is 14.2. The summed E-state index contributed by atoms with van der Waals surface area (Å²) in [5.74, 6) is 0.422. The number of Topliss-reactive ketones (excluding diaryl/α,β-unsaturated/α-hetero) is 1. The Morgan fingerprint density at radius 2 is 1.81 bits per heavy atom. The number of piperazine rings is 1. The topological polar surface area (TPSA) is 75.6 Å². The van der Waals surface area contributed by atoms with Crippen molar-refractivity contribution in [3.8, 4) is 0 Å². The minimum absolute atomic E-state index is 0.0393. The van der Waals surface area contributed by atoms with Crippen LogP contribution in [0.5, 0.6) is 0 Å². The molecule has 0 bridgehead atoms. The molecule has 1 aliphatic rings. The van der Waals surface area contributed by atoms with Crippen LogP contribution in [0.3, 0.4) is 0 Å². The van der Waals surface area contributed by atoms with Crippen LogP contribution >= 0.6 is 11.6 Å². The zero-order chi connectivity index (χ0) is 18.5. The van der Waals surface area contributed by atoms with E-state index in [-0.39, 0.29) is 29.5 Å². The molecule has 0 unspecified atom stereocenters. The number of benzene rings is 1. The number of amides is 1. The standard InChI is InChI=1S/C18H19ClN4O3/c1-13(24)15-11-16(21-17(19)20-15)22-7-9-23(10-8-22)18(25)26-12-14-5-3-2-4-6-14/h2-6,11H,7-10,12H2,1H3. The van der Waals surface area contributed by atoms with Gasteiger partial charge in [0.2, 0.25) is 5.28 Å². The summed E-state index contributed by atoms with van der Waals surface area (Å²) in [7, 11) is 0. The third-order valence-corrected chi connectivity index (χ3v) is 4.28. The van der Waals surface area contributed by atoms with Crippen LogP contribution in [-0.2, 0) is 11.3 Å². The molecule has 26 heavy (non-hydrogen) atoms. The van der Waals surface area contributed by atoms with Gasteiger partial charge >= 0.3 is 6.09 Å². The number of hydrogen-bond donors (Lipinski definition) is 0. The van der Waals surface area contributed by atoms with Crippen molar-refractivity contribution in [3.63, 3.8) is 0 Å². The second-order valence-electron chi connectivity index (χ2n) is 5.95. The zero-order valence-corrected chi connectivity index (χ0v) is 15.1. The van der Waals surface area contributed by atoms with E-state index in [1.807, 2.05) is 35.2 Å². The fourth-order valence-corrected chi connectivity index (χ4v) is 2.85. The minimum Gasteiger partial charge on any atom is -0.445 e. The van der Waals surface area contributed by atoms with Crippen LogP contribution in [0.4, 0.5) is 10.6 Å². The quantitative estimate of drug-likeness (QED) is 0.605. The van der Waals surface area contributed by atoms with E-state index in [1.54, 1.807) is 11.0 Å². The third-order valence-electron chi connectivity index (χ3n) is 4.11. The first-order chi connectivity index (χ1) is 12.5. The van der Waals surface area contributed by atoms with E-state index in [0.29, 0.717) is 32.0 Å². The van der Waals surface area contributed by atoms with Gasteiger partial charge in [-0.25, -0.2) is 14.8 Å². The van der Waals surface area contributed by atoms with Gasteiger partial charge in [0.05, 0.1) is 0 Å². The van der Waals surface area contributed by atoms with E-state index < -0.39 is 0 Å². The number of rotatable bonds is 4. The predicted octanol–water partition coefficient (Wildman–Crippen LogP) is 2.79. The summed E-state index contributed by atoms with van der Waals surface area (Å²) in [6.07, 6.45) is -0.335. The number of ether oxygens (including phenoxy) is 1. The Labute approximate surface area is 156 Å². The van der Waals surface area contributed by atoms with E-state index >= 15 is 0 Å². The molecule has 0 atom stereocenters. The molecule has 1 fully saturated rings. The van der Waals surface area contributed by atoms with E-state index in [0.717, 1.165) is 5.56 Å². The van der Waals surface area contributed by atoms with Gasteiger partial charge in [0.15, 0.2) is 5.78 Å². The van der Waals surface area contributed by atoms with E-state index in [2.05, 4.69) is 9.97 Å². The Balaban J connectivity index is 1.55. The second-order valence-corrected chi connectivity index (χ2v) is 6.29. The molecule has 136 valence electrons. The molecule has 1 aromatic heterocycles. The highest BCUT2D eigenvalue weighted by atomic mass is 35.5. The summed E-state index contributed by atoms with van der Waals surface area (Å²) < 4.78 is 5.36. The largest absolute Gasteiger partial charge is 0.445 e. The first kappa shape index (κ1) is 18.1. The Morgan fingerprint density at radius 3 is 2.46 bits per heavy atom. The molecule has 0 N–H and O–H groups in total. The maximum atomic E-state index is 12.2. The van der Waals surface area contributed by atoms with Gasteiger partial charge < -0.3 is 14.5 Å². The van der Waals surface area contributed by atoms with Gasteiger partial charge in [0.25, 0.3) is 0 Å². The van der Waals surface area contributed by atoms with E-state index in [4.69, 9.17) is 16.3 Å². The average Bonchev–Trinajstić information content (AvgIpc) is 2.66. The van der Waals surface area contributed by atoms with E-state index in [9.17, 15) is 9.59 Å². The van der Waals surface area contributed by atoms with Crippen LogP contribution in [0.1, 0.15) is 23.0 Å². The first-order valence-electron chi connectivity index (χ1n) is 8.29. The number of aromatic nitrogens is 2. The van der Waals surface area contributed by atoms with Gasteiger partial charge in [-0.3, -0.25) is 4.79 Å². The average molecular weight is 375 g/mol. The monoisotopic (exact) mass is 374 g/mol. The fraction of sp³-hybridized carbons (Fsp3) is 0.333. The van der Waals surface area contributed by atoms with Crippen LogP contribution in [-0.4, -0.2) is 52.9 Å². The summed E-state index contributed by atoms with van der Waals surface area (Å²) in [6.45, 7) is 3.85. The lowest BCUT2D eigenvalue weighted by Gasteiger charge is -2.34. The lowest BCUT2D eigenvalue weighted by molar-refractivity contribution is 0.0941. The summed E-state index contributed by atoms with van der Waals surface area (Å²) in [4.78, 5) is 35.5. The van der Waals surface area contributed by atoms with Crippen molar-refractivity contribution in [1.82, 2.24) is 14.9 Å². The first-order valence-corrected chi connectivity index (χ1v) is 8.67. The third kappa shape index (κ3) is 4.49. The maximum Gasteiger partial charge on any atom is 0.410 e. The number of ketones is 1. The van der Waals surface area contributed by atoms with E-state index in [1.165, 1.54) is 6.92 Å². The molecule has 8 heteroatoms. The van der Waals surface area contributed by atoms with Crippen LogP contribution in [0.15, 0.2) is 36.4 Å². The lowest BCUT2D eigenvalue weighted by Crippen LogP contribution is -2.49. The Hall–Kier alpha value is -2.67. The zero-order valence-electron chi connectivity index (χ0n) is 14.4. The molecule has 0 aliphatic carbocycles. The molecule has 1 amide bonds. The summed E-state index contributed by atoms with van der Waals surface area (Å²) in [5.41, 5.74) is 1.23. The number of halogens is 1. The van der Waals surface area contributed by atoms with Gasteiger partial charge in [-0.15, -0.1) is 0 Å². The highest BCUT2D eigenvalue weighted by Gasteiger charge is 2.24. The van der Waals surface area contributed by atoms with Crippen LogP contribution < -0.4 is 4.90 Å². The minimum atomic E-state index is -0.335. The molecule has 1 saturated heterocycles. The predicted molar refractivity (Wildman–Crippen MR) is 97.5 cm³/mol. The number of carbonyl (C=O) groups is 2. The van der Waals surface area contributed by atoms with Crippen molar-refractivity contribution in [2.45, 2.75) is 13.5 Å². The highest BCUT2D eigenvalue weighted by Crippen LogP contribution is 2.18. The second kappa shape index (κ2) is 8.14.